The molecule has 1 aromatic heterocycles. The lowest BCUT2D eigenvalue weighted by atomic mass is 10.1. The molecule has 0 bridgehead atoms. The predicted octanol–water partition coefficient (Wildman–Crippen LogP) is 3.78. The van der Waals surface area contributed by atoms with Crippen LogP contribution in [0, 0.1) is 16.0 Å². The minimum Gasteiger partial charge on any atom is -0.383 e. The normalized spacial score (nSPS) is 20.4. The molecule has 3 rings (SSSR count). The average molecular weight is 329 g/mol. The van der Waals surface area contributed by atoms with Gasteiger partial charge in [-0.25, -0.2) is 0 Å². The van der Waals surface area contributed by atoms with Crippen LogP contribution in [0.5, 0.6) is 0 Å². The van der Waals surface area contributed by atoms with Gasteiger partial charge in [-0.05, 0) is 37.3 Å². The molecule has 1 aliphatic carbocycles. The third-order valence-corrected chi connectivity index (χ3v) is 4.92. The SMILES string of the molecule is COCCN(c1ccc([N+](=O)[O-])c2cnccc12)C1CCC(C)C1. The molecule has 128 valence electrons. The zero-order chi connectivity index (χ0) is 17.1. The minimum absolute atomic E-state index is 0.105. The number of benzene rings is 1. The van der Waals surface area contributed by atoms with Crippen molar-refractivity contribution in [2.24, 2.45) is 5.92 Å². The molecule has 1 saturated carbocycles. The quantitative estimate of drug-likeness (QED) is 0.596. The van der Waals surface area contributed by atoms with E-state index in [4.69, 9.17) is 4.74 Å². The number of hydrogen-bond acceptors (Lipinski definition) is 5. The van der Waals surface area contributed by atoms with Crippen LogP contribution in [0.4, 0.5) is 11.4 Å². The fourth-order valence-corrected chi connectivity index (χ4v) is 3.72. The van der Waals surface area contributed by atoms with Crippen molar-refractivity contribution in [3.63, 3.8) is 0 Å². The van der Waals surface area contributed by atoms with Gasteiger partial charge >= 0.3 is 0 Å². The van der Waals surface area contributed by atoms with Gasteiger partial charge in [0.2, 0.25) is 0 Å². The fraction of sp³-hybridized carbons (Fsp3) is 0.500. The van der Waals surface area contributed by atoms with E-state index >= 15 is 0 Å². The molecule has 0 N–H and O–H groups in total. The number of rotatable bonds is 6. The van der Waals surface area contributed by atoms with E-state index in [9.17, 15) is 10.1 Å². The number of nitro benzene ring substituents is 1. The second kappa shape index (κ2) is 7.13. The van der Waals surface area contributed by atoms with Crippen LogP contribution in [0.2, 0.25) is 0 Å². The van der Waals surface area contributed by atoms with E-state index in [-0.39, 0.29) is 10.6 Å². The summed E-state index contributed by atoms with van der Waals surface area (Å²) >= 11 is 0. The number of nitrogens with zero attached hydrogens (tertiary/aromatic N) is 3. The van der Waals surface area contributed by atoms with E-state index in [1.807, 2.05) is 12.1 Å². The van der Waals surface area contributed by atoms with Crippen molar-refractivity contribution in [2.75, 3.05) is 25.2 Å². The molecular formula is C18H23N3O3. The summed E-state index contributed by atoms with van der Waals surface area (Å²) in [5, 5.41) is 12.8. The van der Waals surface area contributed by atoms with Crippen molar-refractivity contribution in [1.29, 1.82) is 0 Å². The molecule has 6 nitrogen and oxygen atoms in total. The van der Waals surface area contributed by atoms with E-state index < -0.39 is 0 Å². The van der Waals surface area contributed by atoms with Crippen molar-refractivity contribution in [1.82, 2.24) is 4.98 Å². The highest BCUT2D eigenvalue weighted by atomic mass is 16.6. The van der Waals surface area contributed by atoms with Crippen LogP contribution in [-0.2, 0) is 4.74 Å². The third kappa shape index (κ3) is 3.19. The van der Waals surface area contributed by atoms with E-state index in [2.05, 4.69) is 16.8 Å². The minimum atomic E-state index is -0.342. The molecule has 1 heterocycles. The molecule has 1 aromatic carbocycles. The van der Waals surface area contributed by atoms with Gasteiger partial charge in [0.25, 0.3) is 5.69 Å². The predicted molar refractivity (Wildman–Crippen MR) is 94.4 cm³/mol. The van der Waals surface area contributed by atoms with E-state index in [0.717, 1.165) is 30.5 Å². The summed E-state index contributed by atoms with van der Waals surface area (Å²) in [5.74, 6) is 0.714. The van der Waals surface area contributed by atoms with Gasteiger partial charge in [-0.15, -0.1) is 0 Å². The molecule has 2 atom stereocenters. The van der Waals surface area contributed by atoms with Gasteiger partial charge < -0.3 is 9.64 Å². The Balaban J connectivity index is 2.07. The van der Waals surface area contributed by atoms with Crippen LogP contribution in [0.15, 0.2) is 30.6 Å². The monoisotopic (exact) mass is 329 g/mol. The molecule has 6 heteroatoms. The van der Waals surface area contributed by atoms with Crippen molar-refractivity contribution in [2.45, 2.75) is 32.2 Å². The standard InChI is InChI=1S/C18H23N3O3/c1-13-3-4-14(11-13)20(9-10-24-2)17-5-6-18(21(22)23)16-12-19-8-7-15(16)17/h5-8,12-14H,3-4,9-11H2,1-2H3. The molecule has 1 aliphatic rings. The Labute approximate surface area is 141 Å². The van der Waals surface area contributed by atoms with Crippen LogP contribution in [0.3, 0.4) is 0 Å². The Bertz CT molecular complexity index is 735. The second-order valence-electron chi connectivity index (χ2n) is 6.54. The Hall–Kier alpha value is -2.21. The smallest absolute Gasteiger partial charge is 0.278 e. The van der Waals surface area contributed by atoms with Gasteiger partial charge in [0, 0.05) is 49.2 Å². The third-order valence-electron chi connectivity index (χ3n) is 4.92. The maximum atomic E-state index is 11.3. The number of hydrogen-bond donors (Lipinski definition) is 0. The van der Waals surface area contributed by atoms with E-state index in [0.29, 0.717) is 24.0 Å². The lowest BCUT2D eigenvalue weighted by molar-refractivity contribution is -0.383. The van der Waals surface area contributed by atoms with Crippen LogP contribution in [0.1, 0.15) is 26.2 Å². The highest BCUT2D eigenvalue weighted by Crippen LogP contribution is 2.37. The molecule has 0 radical (unpaired) electrons. The Morgan fingerprint density at radius 2 is 2.17 bits per heavy atom. The highest BCUT2D eigenvalue weighted by molar-refractivity contribution is 5.99. The molecule has 2 aromatic rings. The number of fused-ring (bicyclic) bond motifs is 1. The zero-order valence-electron chi connectivity index (χ0n) is 14.1. The average Bonchev–Trinajstić information content (AvgIpc) is 3.01. The maximum Gasteiger partial charge on any atom is 0.278 e. The number of non-ortho nitro benzene ring substituents is 1. The van der Waals surface area contributed by atoms with Gasteiger partial charge in [0.05, 0.1) is 16.9 Å². The number of nitro groups is 1. The van der Waals surface area contributed by atoms with Crippen LogP contribution >= 0.6 is 0 Å². The first kappa shape index (κ1) is 16.6. The largest absolute Gasteiger partial charge is 0.383 e. The maximum absolute atomic E-state index is 11.3. The number of methoxy groups -OCH3 is 1. The van der Waals surface area contributed by atoms with Crippen LogP contribution < -0.4 is 4.90 Å². The van der Waals surface area contributed by atoms with Crippen LogP contribution in [-0.4, -0.2) is 36.2 Å². The molecular weight excluding hydrogens is 306 g/mol. The van der Waals surface area contributed by atoms with Crippen molar-refractivity contribution in [3.8, 4) is 0 Å². The molecule has 0 aliphatic heterocycles. The molecule has 0 amide bonds. The lowest BCUT2D eigenvalue weighted by Crippen LogP contribution is -2.36. The number of anilines is 1. The molecule has 24 heavy (non-hydrogen) atoms. The summed E-state index contributed by atoms with van der Waals surface area (Å²) in [6.07, 6.45) is 6.80. The summed E-state index contributed by atoms with van der Waals surface area (Å²) in [6.45, 7) is 3.70. The van der Waals surface area contributed by atoms with Crippen molar-refractivity contribution >= 4 is 22.1 Å². The first-order valence-corrected chi connectivity index (χ1v) is 8.38. The zero-order valence-corrected chi connectivity index (χ0v) is 14.1. The van der Waals surface area contributed by atoms with Crippen molar-refractivity contribution < 1.29 is 9.66 Å². The van der Waals surface area contributed by atoms with E-state index in [1.165, 1.54) is 6.42 Å². The van der Waals surface area contributed by atoms with Gasteiger partial charge in [0.1, 0.15) is 0 Å². The number of ether oxygens (including phenoxy) is 1. The summed E-state index contributed by atoms with van der Waals surface area (Å²) in [5.41, 5.74) is 1.14. The summed E-state index contributed by atoms with van der Waals surface area (Å²) in [4.78, 5) is 17.4. The van der Waals surface area contributed by atoms with Crippen LogP contribution in [0.25, 0.3) is 10.8 Å². The summed E-state index contributed by atoms with van der Waals surface area (Å²) in [7, 11) is 1.70. The highest BCUT2D eigenvalue weighted by Gasteiger charge is 2.28. The Morgan fingerprint density at radius 1 is 1.33 bits per heavy atom. The van der Waals surface area contributed by atoms with E-state index in [1.54, 1.807) is 25.6 Å². The Morgan fingerprint density at radius 3 is 2.83 bits per heavy atom. The van der Waals surface area contributed by atoms with Gasteiger partial charge in [-0.1, -0.05) is 6.92 Å². The molecule has 1 fully saturated rings. The molecule has 0 spiro atoms. The lowest BCUT2D eigenvalue weighted by Gasteiger charge is -2.32. The molecule has 0 saturated heterocycles. The number of aromatic nitrogens is 1. The topological polar surface area (TPSA) is 68.5 Å². The Kier molecular flexibility index (Phi) is 4.94. The number of pyridine rings is 1. The fourth-order valence-electron chi connectivity index (χ4n) is 3.72. The van der Waals surface area contributed by atoms with Gasteiger partial charge in [-0.3, -0.25) is 15.1 Å². The van der Waals surface area contributed by atoms with Gasteiger partial charge in [0.15, 0.2) is 0 Å². The summed E-state index contributed by atoms with van der Waals surface area (Å²) in [6, 6.07) is 5.79. The first-order valence-electron chi connectivity index (χ1n) is 8.38. The second-order valence-corrected chi connectivity index (χ2v) is 6.54. The van der Waals surface area contributed by atoms with Gasteiger partial charge in [-0.2, -0.15) is 0 Å². The summed E-state index contributed by atoms with van der Waals surface area (Å²) < 4.78 is 5.29. The first-order chi connectivity index (χ1) is 11.6. The van der Waals surface area contributed by atoms with Crippen molar-refractivity contribution in [3.05, 3.63) is 40.7 Å². The molecule has 2 unspecified atom stereocenters.